The second-order valence-corrected chi connectivity index (χ2v) is 6.84. The van der Waals surface area contributed by atoms with E-state index in [1.54, 1.807) is 12.1 Å². The normalized spacial score (nSPS) is 11.2. The molecular weight excluding hydrogens is 373 g/mol. The van der Waals surface area contributed by atoms with E-state index in [4.69, 9.17) is 34.8 Å². The highest BCUT2D eigenvalue weighted by Gasteiger charge is 2.18. The lowest BCUT2D eigenvalue weighted by Crippen LogP contribution is -2.41. The van der Waals surface area contributed by atoms with Gasteiger partial charge in [0.25, 0.3) is 15.9 Å². The van der Waals surface area contributed by atoms with Crippen molar-refractivity contribution in [3.63, 3.8) is 0 Å². The van der Waals surface area contributed by atoms with Crippen molar-refractivity contribution in [1.82, 2.24) is 15.2 Å². The Kier molecular flexibility index (Phi) is 5.25. The summed E-state index contributed by atoms with van der Waals surface area (Å²) < 4.78 is 24.0. The number of carbonyl (C=O) groups is 1. The van der Waals surface area contributed by atoms with Crippen LogP contribution in [0.25, 0.3) is 0 Å². The molecule has 0 fully saturated rings. The van der Waals surface area contributed by atoms with Crippen molar-refractivity contribution >= 4 is 50.7 Å². The van der Waals surface area contributed by atoms with Gasteiger partial charge in [-0.1, -0.05) is 46.9 Å². The van der Waals surface area contributed by atoms with Gasteiger partial charge in [0.15, 0.2) is 0 Å². The standard InChI is InChI=1S/C12H8Cl3N3O3S/c13-9-4-2-1-3-8(9)12(19)17-18-22(20,21)7-5-10(14)11(15)16-6-7/h1-6,18H,(H,17,19). The van der Waals surface area contributed by atoms with Crippen LogP contribution in [0.4, 0.5) is 0 Å². The molecule has 0 aliphatic carbocycles. The molecule has 2 rings (SSSR count). The van der Waals surface area contributed by atoms with Gasteiger partial charge in [0.2, 0.25) is 0 Å². The Labute approximate surface area is 141 Å². The number of nitrogens with one attached hydrogen (secondary N) is 2. The fraction of sp³-hybridized carbons (Fsp3) is 0. The summed E-state index contributed by atoms with van der Waals surface area (Å²) in [5.74, 6) is -0.706. The maximum absolute atomic E-state index is 12.0. The zero-order chi connectivity index (χ0) is 16.3. The lowest BCUT2D eigenvalue weighted by Gasteiger charge is -2.09. The number of hydrogen-bond acceptors (Lipinski definition) is 4. The maximum atomic E-state index is 12.0. The fourth-order valence-corrected chi connectivity index (χ4v) is 2.80. The Balaban J connectivity index is 2.14. The molecule has 0 aliphatic rings. The highest BCUT2D eigenvalue weighted by molar-refractivity contribution is 7.89. The minimum absolute atomic E-state index is 0.0260. The van der Waals surface area contributed by atoms with E-state index in [0.717, 1.165) is 12.3 Å². The number of amides is 1. The summed E-state index contributed by atoms with van der Waals surface area (Å²) in [7, 11) is -4.05. The molecule has 0 atom stereocenters. The van der Waals surface area contributed by atoms with E-state index in [1.165, 1.54) is 12.1 Å². The van der Waals surface area contributed by atoms with Gasteiger partial charge in [-0.05, 0) is 18.2 Å². The summed E-state index contributed by atoms with van der Waals surface area (Å²) in [6, 6.07) is 7.31. The topological polar surface area (TPSA) is 88.2 Å². The van der Waals surface area contributed by atoms with Crippen molar-refractivity contribution < 1.29 is 13.2 Å². The number of rotatable bonds is 4. The largest absolute Gasteiger partial charge is 0.273 e. The average molecular weight is 381 g/mol. The third-order valence-corrected chi connectivity index (χ3v) is 4.73. The monoisotopic (exact) mass is 379 g/mol. The van der Waals surface area contributed by atoms with Gasteiger partial charge in [0, 0.05) is 6.20 Å². The first-order valence-corrected chi connectivity index (χ1v) is 8.30. The van der Waals surface area contributed by atoms with Crippen LogP contribution in [0.3, 0.4) is 0 Å². The highest BCUT2D eigenvalue weighted by atomic mass is 35.5. The Hall–Kier alpha value is -1.38. The summed E-state index contributed by atoms with van der Waals surface area (Å²) in [5, 5.41) is 0.137. The van der Waals surface area contributed by atoms with Crippen LogP contribution in [0.5, 0.6) is 0 Å². The second-order valence-electron chi connectivity index (χ2n) is 3.98. The molecule has 2 aromatic rings. The molecule has 1 aromatic carbocycles. The predicted octanol–water partition coefficient (Wildman–Crippen LogP) is 2.67. The van der Waals surface area contributed by atoms with Crippen LogP contribution in [0.1, 0.15) is 10.4 Å². The molecule has 1 amide bonds. The summed E-state index contributed by atoms with van der Waals surface area (Å²) in [5.41, 5.74) is 2.17. The number of hydrogen-bond donors (Lipinski definition) is 2. The van der Waals surface area contributed by atoms with E-state index in [0.29, 0.717) is 0 Å². The van der Waals surface area contributed by atoms with Crippen LogP contribution in [-0.4, -0.2) is 19.3 Å². The number of benzene rings is 1. The van der Waals surface area contributed by atoms with Crippen molar-refractivity contribution in [2.45, 2.75) is 4.90 Å². The SMILES string of the molecule is O=C(NNS(=O)(=O)c1cnc(Cl)c(Cl)c1)c1ccccc1Cl. The number of hydrazine groups is 1. The zero-order valence-corrected chi connectivity index (χ0v) is 13.8. The van der Waals surface area contributed by atoms with Gasteiger partial charge in [-0.15, -0.1) is 4.83 Å². The molecule has 0 saturated heterocycles. The third kappa shape index (κ3) is 3.88. The van der Waals surface area contributed by atoms with Crippen LogP contribution < -0.4 is 10.3 Å². The minimum atomic E-state index is -4.05. The van der Waals surface area contributed by atoms with E-state index < -0.39 is 15.9 Å². The Morgan fingerprint density at radius 1 is 1.09 bits per heavy atom. The molecule has 2 N–H and O–H groups in total. The Bertz CT molecular complexity index is 827. The second kappa shape index (κ2) is 6.80. The predicted molar refractivity (Wildman–Crippen MR) is 83.5 cm³/mol. The molecule has 1 heterocycles. The molecule has 0 radical (unpaired) electrons. The minimum Gasteiger partial charge on any atom is -0.273 e. The van der Waals surface area contributed by atoms with Crippen molar-refractivity contribution in [2.75, 3.05) is 0 Å². The molecule has 0 bridgehead atoms. The Morgan fingerprint density at radius 2 is 1.77 bits per heavy atom. The van der Waals surface area contributed by atoms with E-state index >= 15 is 0 Å². The molecule has 0 spiro atoms. The van der Waals surface area contributed by atoms with Crippen LogP contribution in [0.2, 0.25) is 15.2 Å². The van der Waals surface area contributed by atoms with Gasteiger partial charge in [0.05, 0.1) is 15.6 Å². The van der Waals surface area contributed by atoms with Crippen molar-refractivity contribution in [3.8, 4) is 0 Å². The summed E-state index contributed by atoms with van der Waals surface area (Å²) >= 11 is 17.2. The van der Waals surface area contributed by atoms with Crippen molar-refractivity contribution in [3.05, 3.63) is 57.3 Å². The van der Waals surface area contributed by atoms with E-state index in [9.17, 15) is 13.2 Å². The average Bonchev–Trinajstić information content (AvgIpc) is 2.48. The van der Waals surface area contributed by atoms with Gasteiger partial charge in [-0.25, -0.2) is 13.4 Å². The van der Waals surface area contributed by atoms with Crippen LogP contribution in [0.15, 0.2) is 41.4 Å². The first-order chi connectivity index (χ1) is 10.3. The molecule has 0 aliphatic heterocycles. The van der Waals surface area contributed by atoms with Crippen LogP contribution in [0, 0.1) is 0 Å². The van der Waals surface area contributed by atoms with Gasteiger partial charge < -0.3 is 0 Å². The first-order valence-electron chi connectivity index (χ1n) is 5.69. The number of halogens is 3. The smallest absolute Gasteiger partial charge is 0.267 e. The summed E-state index contributed by atoms with van der Waals surface area (Å²) in [6.45, 7) is 0. The number of aromatic nitrogens is 1. The molecule has 116 valence electrons. The lowest BCUT2D eigenvalue weighted by molar-refractivity contribution is 0.0945. The van der Waals surface area contributed by atoms with Crippen LogP contribution >= 0.6 is 34.8 Å². The van der Waals surface area contributed by atoms with Gasteiger partial charge in [-0.3, -0.25) is 10.2 Å². The van der Waals surface area contributed by atoms with Gasteiger partial charge in [0.1, 0.15) is 10.0 Å². The van der Waals surface area contributed by atoms with Crippen molar-refractivity contribution in [2.24, 2.45) is 0 Å². The summed E-state index contributed by atoms with van der Waals surface area (Å²) in [4.78, 5) is 17.2. The molecular formula is C12H8Cl3N3O3S. The van der Waals surface area contributed by atoms with Crippen molar-refractivity contribution in [1.29, 1.82) is 0 Å². The number of carbonyl (C=O) groups excluding carboxylic acids is 1. The molecule has 0 saturated carbocycles. The summed E-state index contributed by atoms with van der Waals surface area (Å²) in [6.07, 6.45) is 1.01. The van der Waals surface area contributed by atoms with Gasteiger partial charge >= 0.3 is 0 Å². The molecule has 0 unspecified atom stereocenters. The number of pyridine rings is 1. The quantitative estimate of drug-likeness (QED) is 0.630. The van der Waals surface area contributed by atoms with Crippen LogP contribution in [-0.2, 0) is 10.0 Å². The zero-order valence-electron chi connectivity index (χ0n) is 10.7. The fourth-order valence-electron chi connectivity index (χ4n) is 1.44. The number of nitrogens with zero attached hydrogens (tertiary/aromatic N) is 1. The van der Waals surface area contributed by atoms with E-state index in [2.05, 4.69) is 4.98 Å². The lowest BCUT2D eigenvalue weighted by atomic mass is 10.2. The van der Waals surface area contributed by atoms with E-state index in [-0.39, 0.29) is 25.7 Å². The highest BCUT2D eigenvalue weighted by Crippen LogP contribution is 2.21. The number of sulfonamides is 1. The van der Waals surface area contributed by atoms with E-state index in [1.807, 2.05) is 10.3 Å². The molecule has 22 heavy (non-hydrogen) atoms. The maximum Gasteiger partial charge on any atom is 0.267 e. The molecule has 10 heteroatoms. The molecule has 1 aromatic heterocycles. The van der Waals surface area contributed by atoms with Gasteiger partial charge in [-0.2, -0.15) is 0 Å². The third-order valence-electron chi connectivity index (χ3n) is 2.50. The first kappa shape index (κ1) is 17.0. The molecule has 6 nitrogen and oxygen atoms in total. The Morgan fingerprint density at radius 3 is 2.41 bits per heavy atom.